The normalized spacial score (nSPS) is 10.8. The van der Waals surface area contributed by atoms with Gasteiger partial charge in [0.2, 0.25) is 0 Å². The number of hydrazone groups is 1. The van der Waals surface area contributed by atoms with Gasteiger partial charge in [-0.15, -0.1) is 0 Å². The predicted octanol–water partition coefficient (Wildman–Crippen LogP) is 5.60. The van der Waals surface area contributed by atoms with Gasteiger partial charge in [-0.25, -0.2) is 5.43 Å². The number of benzene rings is 3. The fraction of sp³-hybridized carbons (Fsp3) is 0.130. The average Bonchev–Trinajstić information content (AvgIpc) is 2.73. The Kier molecular flexibility index (Phi) is 7.70. The summed E-state index contributed by atoms with van der Waals surface area (Å²) in [5.74, 6) is 0.924. The molecule has 0 saturated heterocycles. The smallest absolute Gasteiger partial charge is 0.271 e. The topological polar surface area (TPSA) is 59.9 Å². The number of halogens is 2. The second-order valence-corrected chi connectivity index (χ2v) is 8.06. The van der Waals surface area contributed by atoms with Gasteiger partial charge in [0, 0.05) is 10.6 Å². The first-order chi connectivity index (χ1) is 14.5. The molecule has 0 unspecified atom stereocenters. The number of hydrogen-bond donors (Lipinski definition) is 1. The highest BCUT2D eigenvalue weighted by atomic mass is 127. The van der Waals surface area contributed by atoms with E-state index in [4.69, 9.17) is 21.1 Å². The third-order valence-electron chi connectivity index (χ3n) is 4.35. The lowest BCUT2D eigenvalue weighted by atomic mass is 10.1. The van der Waals surface area contributed by atoms with Crippen LogP contribution in [0.2, 0.25) is 5.02 Å². The molecule has 3 aromatic rings. The molecule has 154 valence electrons. The molecule has 0 saturated carbocycles. The molecule has 0 aromatic heterocycles. The third kappa shape index (κ3) is 5.73. The van der Waals surface area contributed by atoms with Crippen LogP contribution in [0.3, 0.4) is 0 Å². The Labute approximate surface area is 194 Å². The van der Waals surface area contributed by atoms with Crippen molar-refractivity contribution in [2.24, 2.45) is 5.10 Å². The Morgan fingerprint density at radius 2 is 1.97 bits per heavy atom. The maximum Gasteiger partial charge on any atom is 0.271 e. The molecule has 0 aliphatic carbocycles. The molecule has 3 aromatic carbocycles. The zero-order chi connectivity index (χ0) is 21.5. The van der Waals surface area contributed by atoms with E-state index in [1.807, 2.05) is 30.3 Å². The molecule has 0 bridgehead atoms. The summed E-state index contributed by atoms with van der Waals surface area (Å²) < 4.78 is 12.4. The van der Waals surface area contributed by atoms with Gasteiger partial charge in [-0.2, -0.15) is 5.10 Å². The van der Waals surface area contributed by atoms with Crippen LogP contribution in [-0.4, -0.2) is 19.2 Å². The Bertz CT molecular complexity index is 1090. The molecule has 0 fully saturated rings. The van der Waals surface area contributed by atoms with Gasteiger partial charge < -0.3 is 9.47 Å². The van der Waals surface area contributed by atoms with Crippen molar-refractivity contribution in [1.82, 2.24) is 5.43 Å². The largest absolute Gasteiger partial charge is 0.493 e. The standard InChI is InChI=1S/C23H20ClIN2O3/c1-15-6-3-4-7-18(15)14-30-22-20(25)10-16(11-21(22)29-2)13-26-27-23(28)17-8-5-9-19(24)12-17/h3-13H,14H2,1-2H3,(H,27,28)/b26-13-. The lowest BCUT2D eigenvalue weighted by Gasteiger charge is -2.14. The van der Waals surface area contributed by atoms with Gasteiger partial charge in [-0.3, -0.25) is 4.79 Å². The summed E-state index contributed by atoms with van der Waals surface area (Å²) in [6.45, 7) is 2.50. The van der Waals surface area contributed by atoms with Crippen LogP contribution in [0.1, 0.15) is 27.0 Å². The fourth-order valence-corrected chi connectivity index (χ4v) is 3.71. The van der Waals surface area contributed by atoms with Crippen molar-refractivity contribution in [3.63, 3.8) is 0 Å². The first-order valence-corrected chi connectivity index (χ1v) is 10.6. The fourth-order valence-electron chi connectivity index (χ4n) is 2.74. The third-order valence-corrected chi connectivity index (χ3v) is 5.39. The molecule has 30 heavy (non-hydrogen) atoms. The van der Waals surface area contributed by atoms with Crippen molar-refractivity contribution < 1.29 is 14.3 Å². The van der Waals surface area contributed by atoms with Crippen molar-refractivity contribution in [2.75, 3.05) is 7.11 Å². The maximum atomic E-state index is 12.1. The Hall–Kier alpha value is -2.58. The zero-order valence-corrected chi connectivity index (χ0v) is 19.4. The number of aryl methyl sites for hydroxylation is 1. The molecular weight excluding hydrogens is 515 g/mol. The SMILES string of the molecule is COc1cc(/C=N\NC(=O)c2cccc(Cl)c2)cc(I)c1OCc1ccccc1C. The van der Waals surface area contributed by atoms with E-state index in [1.54, 1.807) is 37.6 Å². The molecule has 0 heterocycles. The minimum atomic E-state index is -0.339. The minimum absolute atomic E-state index is 0.339. The number of carbonyl (C=O) groups is 1. The first-order valence-electron chi connectivity index (χ1n) is 9.11. The van der Waals surface area contributed by atoms with Gasteiger partial charge in [0.05, 0.1) is 16.9 Å². The first kappa shape index (κ1) is 22.1. The van der Waals surface area contributed by atoms with Crippen molar-refractivity contribution in [3.8, 4) is 11.5 Å². The molecule has 0 atom stereocenters. The molecule has 1 amide bonds. The van der Waals surface area contributed by atoms with Crippen molar-refractivity contribution >= 4 is 46.3 Å². The van der Waals surface area contributed by atoms with Crippen LogP contribution in [0.5, 0.6) is 11.5 Å². The summed E-state index contributed by atoms with van der Waals surface area (Å²) in [5.41, 5.74) is 5.99. The van der Waals surface area contributed by atoms with E-state index >= 15 is 0 Å². The van der Waals surface area contributed by atoms with Gasteiger partial charge in [0.15, 0.2) is 11.5 Å². The number of carbonyl (C=O) groups excluding carboxylic acids is 1. The number of hydrogen-bond acceptors (Lipinski definition) is 4. The highest BCUT2D eigenvalue weighted by Gasteiger charge is 2.12. The van der Waals surface area contributed by atoms with E-state index in [2.05, 4.69) is 46.1 Å². The maximum absolute atomic E-state index is 12.1. The molecule has 3 rings (SSSR count). The molecule has 7 heteroatoms. The Balaban J connectivity index is 1.71. The highest BCUT2D eigenvalue weighted by Crippen LogP contribution is 2.34. The number of methoxy groups -OCH3 is 1. The van der Waals surface area contributed by atoms with Crippen LogP contribution in [0, 0.1) is 10.5 Å². The molecule has 0 spiro atoms. The summed E-state index contributed by atoms with van der Waals surface area (Å²) in [6, 6.07) is 18.5. The summed E-state index contributed by atoms with van der Waals surface area (Å²) in [6.07, 6.45) is 1.55. The number of nitrogens with zero attached hydrogens (tertiary/aromatic N) is 1. The molecule has 0 radical (unpaired) electrons. The van der Waals surface area contributed by atoms with Gasteiger partial charge in [0.1, 0.15) is 6.61 Å². The molecule has 0 aliphatic rings. The van der Waals surface area contributed by atoms with Crippen LogP contribution >= 0.6 is 34.2 Å². The molecule has 5 nitrogen and oxygen atoms in total. The Morgan fingerprint density at radius 3 is 2.70 bits per heavy atom. The van der Waals surface area contributed by atoms with E-state index < -0.39 is 0 Å². The van der Waals surface area contributed by atoms with E-state index in [0.717, 1.165) is 14.7 Å². The van der Waals surface area contributed by atoms with Crippen LogP contribution in [-0.2, 0) is 6.61 Å². The predicted molar refractivity (Wildman–Crippen MR) is 128 cm³/mol. The monoisotopic (exact) mass is 534 g/mol. The highest BCUT2D eigenvalue weighted by molar-refractivity contribution is 14.1. The van der Waals surface area contributed by atoms with Gasteiger partial charge in [0.25, 0.3) is 5.91 Å². The van der Waals surface area contributed by atoms with Gasteiger partial charge >= 0.3 is 0 Å². The molecule has 0 aliphatic heterocycles. The lowest BCUT2D eigenvalue weighted by molar-refractivity contribution is 0.0955. The van der Waals surface area contributed by atoms with Crippen LogP contribution in [0.15, 0.2) is 65.8 Å². The molecular formula is C23H20ClIN2O3. The Morgan fingerprint density at radius 1 is 1.17 bits per heavy atom. The summed E-state index contributed by atoms with van der Waals surface area (Å²) in [5, 5.41) is 4.52. The van der Waals surface area contributed by atoms with Crippen molar-refractivity contribution in [3.05, 3.63) is 91.5 Å². The minimum Gasteiger partial charge on any atom is -0.493 e. The summed E-state index contributed by atoms with van der Waals surface area (Å²) >= 11 is 8.11. The van der Waals surface area contributed by atoms with Crippen molar-refractivity contribution in [1.29, 1.82) is 0 Å². The van der Waals surface area contributed by atoms with Gasteiger partial charge in [-0.05, 0) is 76.5 Å². The number of ether oxygens (including phenoxy) is 2. The second-order valence-electron chi connectivity index (χ2n) is 6.46. The van der Waals surface area contributed by atoms with Crippen molar-refractivity contribution in [2.45, 2.75) is 13.5 Å². The second kappa shape index (κ2) is 10.4. The van der Waals surface area contributed by atoms with Crippen LogP contribution in [0.25, 0.3) is 0 Å². The van der Waals surface area contributed by atoms with E-state index in [1.165, 1.54) is 5.56 Å². The average molecular weight is 535 g/mol. The summed E-state index contributed by atoms with van der Waals surface area (Å²) in [4.78, 5) is 12.1. The van der Waals surface area contributed by atoms with E-state index in [-0.39, 0.29) is 5.91 Å². The van der Waals surface area contributed by atoms with E-state index in [0.29, 0.717) is 28.7 Å². The lowest BCUT2D eigenvalue weighted by Crippen LogP contribution is -2.17. The quantitative estimate of drug-likeness (QED) is 0.244. The number of amides is 1. The number of rotatable bonds is 7. The summed E-state index contributed by atoms with van der Waals surface area (Å²) in [7, 11) is 1.59. The number of nitrogens with one attached hydrogen (secondary N) is 1. The van der Waals surface area contributed by atoms with Gasteiger partial charge in [-0.1, -0.05) is 41.9 Å². The van der Waals surface area contributed by atoms with Crippen LogP contribution in [0.4, 0.5) is 0 Å². The van der Waals surface area contributed by atoms with Crippen LogP contribution < -0.4 is 14.9 Å². The van der Waals surface area contributed by atoms with E-state index in [9.17, 15) is 4.79 Å². The zero-order valence-electron chi connectivity index (χ0n) is 16.5. The molecule has 1 N–H and O–H groups in total.